The first kappa shape index (κ1) is 18.3. The molecule has 0 fully saturated rings. The van der Waals surface area contributed by atoms with Gasteiger partial charge in [-0.25, -0.2) is 0 Å². The Bertz CT molecular complexity index is 465. The number of hydrogen-bond acceptors (Lipinski definition) is 5. The molecule has 0 saturated carbocycles. The van der Waals surface area contributed by atoms with Crippen LogP contribution in [0, 0.1) is 0 Å². The molecule has 0 saturated heterocycles. The summed E-state index contributed by atoms with van der Waals surface area (Å²) in [5.41, 5.74) is 1.55. The lowest BCUT2D eigenvalue weighted by atomic mass is 10.2. The predicted octanol–water partition coefficient (Wildman–Crippen LogP) is 2.51. The van der Waals surface area contributed by atoms with Crippen molar-refractivity contribution in [1.29, 1.82) is 0 Å². The molecule has 0 aliphatic rings. The van der Waals surface area contributed by atoms with Crippen LogP contribution in [0.5, 0.6) is 5.75 Å². The van der Waals surface area contributed by atoms with Crippen LogP contribution in [-0.4, -0.2) is 46.0 Å². The minimum absolute atomic E-state index is 0.0241. The highest BCUT2D eigenvalue weighted by Gasteiger charge is 2.10. The Morgan fingerprint density at radius 3 is 2.64 bits per heavy atom. The maximum atomic E-state index is 11.5. The molecule has 1 rings (SSSR count). The highest BCUT2D eigenvalue weighted by Crippen LogP contribution is 2.29. The highest BCUT2D eigenvalue weighted by atomic mass is 16.5. The molecule has 1 amide bonds. The van der Waals surface area contributed by atoms with Crippen molar-refractivity contribution in [3.05, 3.63) is 18.2 Å². The summed E-state index contributed by atoms with van der Waals surface area (Å²) in [6.07, 6.45) is 0.439. The molecule has 6 heteroatoms. The molecule has 0 aromatic heterocycles. The molecular weight excluding hydrogens is 284 g/mol. The number of anilines is 2. The number of hydrogen-bond donors (Lipinski definition) is 2. The van der Waals surface area contributed by atoms with Crippen LogP contribution in [0.25, 0.3) is 0 Å². The molecule has 6 nitrogen and oxygen atoms in total. The van der Waals surface area contributed by atoms with Gasteiger partial charge in [0.1, 0.15) is 12.4 Å². The van der Waals surface area contributed by atoms with Gasteiger partial charge in [0, 0.05) is 32.4 Å². The van der Waals surface area contributed by atoms with Crippen molar-refractivity contribution in [3.8, 4) is 5.75 Å². The monoisotopic (exact) mass is 310 g/mol. The molecule has 0 spiro atoms. The number of carbonyl (C=O) groups excluding carboxylic acids is 1. The van der Waals surface area contributed by atoms with Crippen molar-refractivity contribution in [1.82, 2.24) is 0 Å². The Morgan fingerprint density at radius 1 is 1.23 bits per heavy atom. The average molecular weight is 310 g/mol. The Morgan fingerprint density at radius 2 is 2.00 bits per heavy atom. The highest BCUT2D eigenvalue weighted by molar-refractivity contribution is 5.91. The molecule has 0 heterocycles. The lowest BCUT2D eigenvalue weighted by Crippen LogP contribution is -2.21. The molecule has 0 bridgehead atoms. The molecule has 0 aliphatic heterocycles. The molecule has 1 aromatic carbocycles. The molecule has 1 unspecified atom stereocenters. The van der Waals surface area contributed by atoms with Crippen LogP contribution in [0.15, 0.2) is 18.2 Å². The fourth-order valence-electron chi connectivity index (χ4n) is 1.89. The van der Waals surface area contributed by atoms with Crippen molar-refractivity contribution >= 4 is 17.3 Å². The third-order valence-electron chi connectivity index (χ3n) is 2.95. The number of nitrogens with one attached hydrogen (secondary N) is 2. The van der Waals surface area contributed by atoms with Crippen LogP contribution in [-0.2, 0) is 14.3 Å². The number of rotatable bonds is 10. The van der Waals surface area contributed by atoms with Gasteiger partial charge in [-0.15, -0.1) is 0 Å². The van der Waals surface area contributed by atoms with Gasteiger partial charge in [0.25, 0.3) is 0 Å². The number of benzene rings is 1. The standard InChI is InChI=1S/C16H26N2O4/c1-5-16(19)18-13-6-7-15(22-9-8-20-3)14(10-13)17-12(2)11-21-4/h6-7,10,12,17H,5,8-9,11H2,1-4H3,(H,18,19). The van der Waals surface area contributed by atoms with Gasteiger partial charge in [-0.1, -0.05) is 6.92 Å². The number of methoxy groups -OCH3 is 2. The first-order chi connectivity index (χ1) is 10.6. The minimum Gasteiger partial charge on any atom is -0.489 e. The Balaban J connectivity index is 2.86. The SMILES string of the molecule is CCC(=O)Nc1ccc(OCCOC)c(NC(C)COC)c1. The van der Waals surface area contributed by atoms with E-state index < -0.39 is 0 Å². The van der Waals surface area contributed by atoms with Gasteiger partial charge in [-0.05, 0) is 25.1 Å². The van der Waals surface area contributed by atoms with E-state index in [-0.39, 0.29) is 11.9 Å². The van der Waals surface area contributed by atoms with Gasteiger partial charge in [-0.2, -0.15) is 0 Å². The Labute approximate surface area is 132 Å². The summed E-state index contributed by atoms with van der Waals surface area (Å²) < 4.78 is 15.8. The zero-order chi connectivity index (χ0) is 16.4. The second kappa shape index (κ2) is 10.0. The summed E-state index contributed by atoms with van der Waals surface area (Å²) in [4.78, 5) is 11.5. The molecule has 0 aliphatic carbocycles. The second-order valence-corrected chi connectivity index (χ2v) is 4.95. The van der Waals surface area contributed by atoms with Crippen LogP contribution in [0.2, 0.25) is 0 Å². The van der Waals surface area contributed by atoms with E-state index in [4.69, 9.17) is 14.2 Å². The Hall–Kier alpha value is -1.79. The lowest BCUT2D eigenvalue weighted by Gasteiger charge is -2.19. The fourth-order valence-corrected chi connectivity index (χ4v) is 1.89. The number of ether oxygens (including phenoxy) is 3. The zero-order valence-corrected chi connectivity index (χ0v) is 13.8. The zero-order valence-electron chi connectivity index (χ0n) is 13.8. The van der Waals surface area contributed by atoms with Crippen LogP contribution >= 0.6 is 0 Å². The fraction of sp³-hybridized carbons (Fsp3) is 0.562. The van der Waals surface area contributed by atoms with Gasteiger partial charge in [0.05, 0.1) is 18.9 Å². The van der Waals surface area contributed by atoms with E-state index in [9.17, 15) is 4.79 Å². The van der Waals surface area contributed by atoms with E-state index in [1.165, 1.54) is 0 Å². The van der Waals surface area contributed by atoms with Gasteiger partial charge < -0.3 is 24.8 Å². The van der Waals surface area contributed by atoms with Crippen molar-refractivity contribution in [2.24, 2.45) is 0 Å². The molecule has 22 heavy (non-hydrogen) atoms. The van der Waals surface area contributed by atoms with Gasteiger partial charge in [0.2, 0.25) is 5.91 Å². The van der Waals surface area contributed by atoms with Crippen LogP contribution in [0.3, 0.4) is 0 Å². The van der Waals surface area contributed by atoms with Gasteiger partial charge in [0.15, 0.2) is 0 Å². The summed E-state index contributed by atoms with van der Waals surface area (Å²) >= 11 is 0. The average Bonchev–Trinajstić information content (AvgIpc) is 2.49. The number of amides is 1. The third-order valence-corrected chi connectivity index (χ3v) is 2.95. The first-order valence-electron chi connectivity index (χ1n) is 7.41. The Kier molecular flexibility index (Phi) is 8.32. The first-order valence-corrected chi connectivity index (χ1v) is 7.41. The van der Waals surface area contributed by atoms with Crippen molar-refractivity contribution in [2.45, 2.75) is 26.3 Å². The van der Waals surface area contributed by atoms with Crippen molar-refractivity contribution in [3.63, 3.8) is 0 Å². The van der Waals surface area contributed by atoms with Crippen molar-refractivity contribution in [2.75, 3.05) is 44.7 Å². The maximum Gasteiger partial charge on any atom is 0.224 e. The summed E-state index contributed by atoms with van der Waals surface area (Å²) in [7, 11) is 3.29. The van der Waals surface area contributed by atoms with E-state index in [0.717, 1.165) is 17.1 Å². The molecule has 1 atom stereocenters. The van der Waals surface area contributed by atoms with E-state index >= 15 is 0 Å². The second-order valence-electron chi connectivity index (χ2n) is 4.95. The topological polar surface area (TPSA) is 68.8 Å². The number of carbonyl (C=O) groups is 1. The van der Waals surface area contributed by atoms with Crippen LogP contribution in [0.4, 0.5) is 11.4 Å². The van der Waals surface area contributed by atoms with E-state index in [1.54, 1.807) is 14.2 Å². The predicted molar refractivity (Wildman–Crippen MR) is 87.7 cm³/mol. The van der Waals surface area contributed by atoms with E-state index in [0.29, 0.717) is 26.2 Å². The van der Waals surface area contributed by atoms with Crippen LogP contribution in [0.1, 0.15) is 20.3 Å². The van der Waals surface area contributed by atoms with Crippen molar-refractivity contribution < 1.29 is 19.0 Å². The van der Waals surface area contributed by atoms with Gasteiger partial charge in [-0.3, -0.25) is 4.79 Å². The minimum atomic E-state index is -0.0241. The lowest BCUT2D eigenvalue weighted by molar-refractivity contribution is -0.115. The normalized spacial score (nSPS) is 11.8. The molecule has 0 radical (unpaired) electrons. The summed E-state index contributed by atoms with van der Waals surface area (Å²) in [6, 6.07) is 5.64. The summed E-state index contributed by atoms with van der Waals surface area (Å²) in [6.45, 7) is 5.38. The van der Waals surface area contributed by atoms with Gasteiger partial charge >= 0.3 is 0 Å². The smallest absolute Gasteiger partial charge is 0.224 e. The summed E-state index contributed by atoms with van der Waals surface area (Å²) in [5.74, 6) is 0.693. The summed E-state index contributed by atoms with van der Waals surface area (Å²) in [5, 5.41) is 6.17. The molecular formula is C16H26N2O4. The molecule has 2 N–H and O–H groups in total. The third kappa shape index (κ3) is 6.32. The largest absolute Gasteiger partial charge is 0.489 e. The maximum absolute atomic E-state index is 11.5. The molecule has 124 valence electrons. The molecule has 1 aromatic rings. The quantitative estimate of drug-likeness (QED) is 0.650. The van der Waals surface area contributed by atoms with E-state index in [1.807, 2.05) is 32.0 Å². The van der Waals surface area contributed by atoms with Crippen LogP contribution < -0.4 is 15.4 Å². The van der Waals surface area contributed by atoms with E-state index in [2.05, 4.69) is 10.6 Å².